The highest BCUT2D eigenvalue weighted by atomic mass is 32.2. The molecule has 144 valence electrons. The number of primary amides is 1. The van der Waals surface area contributed by atoms with E-state index in [9.17, 15) is 22.0 Å². The van der Waals surface area contributed by atoms with E-state index in [0.717, 1.165) is 25.0 Å². The molecular formula is C18H18F2N2O4S. The molecule has 0 atom stereocenters. The number of hydrogen-bond donors (Lipinski definition) is 1. The van der Waals surface area contributed by atoms with Gasteiger partial charge < -0.3 is 10.5 Å². The van der Waals surface area contributed by atoms with Gasteiger partial charge in [0.1, 0.15) is 12.4 Å². The molecule has 0 saturated carbocycles. The molecule has 1 heterocycles. The summed E-state index contributed by atoms with van der Waals surface area (Å²) >= 11 is 0. The highest BCUT2D eigenvalue weighted by molar-refractivity contribution is 7.89. The average Bonchev–Trinajstić information content (AvgIpc) is 3.18. The van der Waals surface area contributed by atoms with E-state index < -0.39 is 27.6 Å². The highest BCUT2D eigenvalue weighted by Crippen LogP contribution is 2.27. The van der Waals surface area contributed by atoms with Gasteiger partial charge in [0.2, 0.25) is 10.0 Å². The van der Waals surface area contributed by atoms with Crippen LogP contribution in [-0.4, -0.2) is 31.7 Å². The summed E-state index contributed by atoms with van der Waals surface area (Å²) in [6.45, 7) is 0.499. The summed E-state index contributed by atoms with van der Waals surface area (Å²) in [5.41, 5.74) is 5.15. The van der Waals surface area contributed by atoms with Crippen molar-refractivity contribution >= 4 is 15.9 Å². The number of halogens is 2. The molecule has 1 amide bonds. The van der Waals surface area contributed by atoms with Gasteiger partial charge in [0.05, 0.1) is 10.5 Å². The molecule has 0 aromatic heterocycles. The van der Waals surface area contributed by atoms with Gasteiger partial charge in [0.25, 0.3) is 5.91 Å². The Hall–Kier alpha value is -2.52. The van der Waals surface area contributed by atoms with Crippen molar-refractivity contribution in [1.29, 1.82) is 0 Å². The van der Waals surface area contributed by atoms with Crippen LogP contribution >= 0.6 is 0 Å². The maximum absolute atomic E-state index is 13.7. The normalized spacial score (nSPS) is 15.0. The molecule has 0 aliphatic carbocycles. The molecule has 2 N–H and O–H groups in total. The molecule has 0 bridgehead atoms. The van der Waals surface area contributed by atoms with E-state index in [1.54, 1.807) is 0 Å². The van der Waals surface area contributed by atoms with Crippen LogP contribution in [0.25, 0.3) is 0 Å². The molecule has 0 unspecified atom stereocenters. The van der Waals surface area contributed by atoms with Crippen LogP contribution in [0.2, 0.25) is 0 Å². The van der Waals surface area contributed by atoms with Gasteiger partial charge >= 0.3 is 0 Å². The first-order valence-corrected chi connectivity index (χ1v) is 9.74. The molecule has 3 rings (SSSR count). The largest absolute Gasteiger partial charge is 0.488 e. The number of nitrogens with two attached hydrogens (primary N) is 1. The Labute approximate surface area is 155 Å². The summed E-state index contributed by atoms with van der Waals surface area (Å²) in [5, 5.41) is 0. The third-order valence-corrected chi connectivity index (χ3v) is 6.23. The second-order valence-electron chi connectivity index (χ2n) is 6.14. The lowest BCUT2D eigenvalue weighted by Crippen LogP contribution is -2.28. The molecule has 6 nitrogen and oxygen atoms in total. The van der Waals surface area contributed by atoms with Crippen molar-refractivity contribution in [3.8, 4) is 5.75 Å². The first-order chi connectivity index (χ1) is 12.8. The Morgan fingerprint density at radius 1 is 1.15 bits per heavy atom. The monoisotopic (exact) mass is 396 g/mol. The number of benzene rings is 2. The minimum atomic E-state index is -3.73. The summed E-state index contributed by atoms with van der Waals surface area (Å²) in [6, 6.07) is 7.39. The molecule has 1 fully saturated rings. The maximum Gasteiger partial charge on any atom is 0.252 e. The number of carbonyl (C=O) groups is 1. The highest BCUT2D eigenvalue weighted by Gasteiger charge is 2.28. The van der Waals surface area contributed by atoms with Crippen molar-refractivity contribution in [2.24, 2.45) is 5.73 Å². The Kier molecular flexibility index (Phi) is 5.43. The van der Waals surface area contributed by atoms with Crippen molar-refractivity contribution < 1.29 is 26.7 Å². The quantitative estimate of drug-likeness (QED) is 0.812. The minimum absolute atomic E-state index is 0.00784. The lowest BCUT2D eigenvalue weighted by molar-refractivity contribution is 0.0995. The van der Waals surface area contributed by atoms with Crippen LogP contribution < -0.4 is 10.5 Å². The SMILES string of the molecule is NC(=O)c1cc(S(=O)(=O)N2CCCC2)ccc1OCc1cccc(F)c1F. The van der Waals surface area contributed by atoms with Crippen molar-refractivity contribution in [3.05, 3.63) is 59.2 Å². The topological polar surface area (TPSA) is 89.7 Å². The fourth-order valence-electron chi connectivity index (χ4n) is 2.88. The molecule has 2 aromatic rings. The lowest BCUT2D eigenvalue weighted by atomic mass is 10.2. The number of sulfonamides is 1. The summed E-state index contributed by atoms with van der Waals surface area (Å²) in [7, 11) is -3.73. The Bertz CT molecular complexity index is 973. The predicted octanol–water partition coefficient (Wildman–Crippen LogP) is 2.43. The number of rotatable bonds is 6. The number of ether oxygens (including phenoxy) is 1. The van der Waals surface area contributed by atoms with E-state index in [2.05, 4.69) is 0 Å². The molecular weight excluding hydrogens is 378 g/mol. The van der Waals surface area contributed by atoms with Crippen LogP contribution in [0.5, 0.6) is 5.75 Å². The first-order valence-electron chi connectivity index (χ1n) is 8.30. The smallest absolute Gasteiger partial charge is 0.252 e. The second kappa shape index (κ2) is 7.61. The summed E-state index contributed by atoms with van der Waals surface area (Å²) in [6.07, 6.45) is 1.56. The molecule has 9 heteroatoms. The van der Waals surface area contributed by atoms with Gasteiger partial charge in [-0.3, -0.25) is 4.79 Å². The zero-order chi connectivity index (χ0) is 19.6. The van der Waals surface area contributed by atoms with Gasteiger partial charge in [-0.2, -0.15) is 4.31 Å². The average molecular weight is 396 g/mol. The van der Waals surface area contributed by atoms with E-state index >= 15 is 0 Å². The van der Waals surface area contributed by atoms with Crippen molar-refractivity contribution in [1.82, 2.24) is 4.31 Å². The number of hydrogen-bond acceptors (Lipinski definition) is 4. The van der Waals surface area contributed by atoms with Crippen LogP contribution in [-0.2, 0) is 16.6 Å². The molecule has 0 radical (unpaired) electrons. The van der Waals surface area contributed by atoms with E-state index in [1.807, 2.05) is 0 Å². The third kappa shape index (κ3) is 3.93. The predicted molar refractivity (Wildman–Crippen MR) is 93.6 cm³/mol. The molecule has 1 aliphatic heterocycles. The minimum Gasteiger partial charge on any atom is -0.488 e. The molecule has 27 heavy (non-hydrogen) atoms. The summed E-state index contributed by atoms with van der Waals surface area (Å²) in [5.74, 6) is -2.96. The standard InChI is InChI=1S/C18H18F2N2O4S/c19-15-5-3-4-12(17(15)20)11-26-16-7-6-13(10-14(16)18(21)23)27(24,25)22-8-1-2-9-22/h3-7,10H,1-2,8-9,11H2,(H2,21,23). The first kappa shape index (κ1) is 19.2. The van der Waals surface area contributed by atoms with Gasteiger partial charge in [-0.05, 0) is 37.1 Å². The van der Waals surface area contributed by atoms with E-state index in [1.165, 1.54) is 28.6 Å². The second-order valence-corrected chi connectivity index (χ2v) is 8.07. The zero-order valence-corrected chi connectivity index (χ0v) is 15.1. The van der Waals surface area contributed by atoms with Crippen LogP contribution in [0, 0.1) is 11.6 Å². The molecule has 0 spiro atoms. The van der Waals surface area contributed by atoms with E-state index in [-0.39, 0.29) is 28.4 Å². The summed E-state index contributed by atoms with van der Waals surface area (Å²) in [4.78, 5) is 11.7. The van der Waals surface area contributed by atoms with Crippen LogP contribution in [0.15, 0.2) is 41.3 Å². The summed E-state index contributed by atoms with van der Waals surface area (Å²) < 4.78 is 59.0. The van der Waals surface area contributed by atoms with Crippen molar-refractivity contribution in [2.45, 2.75) is 24.3 Å². The van der Waals surface area contributed by atoms with Gasteiger partial charge in [0, 0.05) is 18.7 Å². The molecule has 2 aromatic carbocycles. The van der Waals surface area contributed by atoms with Gasteiger partial charge in [-0.1, -0.05) is 12.1 Å². The zero-order valence-electron chi connectivity index (χ0n) is 14.3. The fraction of sp³-hybridized carbons (Fsp3) is 0.278. The van der Waals surface area contributed by atoms with Crippen LogP contribution in [0.3, 0.4) is 0 Å². The van der Waals surface area contributed by atoms with Crippen molar-refractivity contribution in [2.75, 3.05) is 13.1 Å². The van der Waals surface area contributed by atoms with Crippen molar-refractivity contribution in [3.63, 3.8) is 0 Å². The van der Waals surface area contributed by atoms with Crippen LogP contribution in [0.1, 0.15) is 28.8 Å². The fourth-order valence-corrected chi connectivity index (χ4v) is 4.42. The number of nitrogens with zero attached hydrogens (tertiary/aromatic N) is 1. The molecule has 1 saturated heterocycles. The molecule has 1 aliphatic rings. The van der Waals surface area contributed by atoms with Gasteiger partial charge in [0.15, 0.2) is 11.6 Å². The Balaban J connectivity index is 1.88. The van der Waals surface area contributed by atoms with Crippen LogP contribution in [0.4, 0.5) is 8.78 Å². The number of amides is 1. The Morgan fingerprint density at radius 3 is 2.52 bits per heavy atom. The van der Waals surface area contributed by atoms with E-state index in [0.29, 0.717) is 13.1 Å². The maximum atomic E-state index is 13.7. The van der Waals surface area contributed by atoms with Gasteiger partial charge in [-0.25, -0.2) is 17.2 Å². The van der Waals surface area contributed by atoms with Gasteiger partial charge in [-0.15, -0.1) is 0 Å². The number of carbonyl (C=O) groups excluding carboxylic acids is 1. The van der Waals surface area contributed by atoms with E-state index in [4.69, 9.17) is 10.5 Å². The third-order valence-electron chi connectivity index (χ3n) is 4.33. The lowest BCUT2D eigenvalue weighted by Gasteiger charge is -2.17. The Morgan fingerprint density at radius 2 is 1.85 bits per heavy atom.